The molecule has 2 saturated carbocycles. The Hall–Kier alpha value is -1.72. The van der Waals surface area contributed by atoms with Gasteiger partial charge in [0, 0.05) is 0 Å². The third-order valence-electron chi connectivity index (χ3n) is 6.30. The molecule has 3 unspecified atom stereocenters. The molecule has 0 heterocycles. The third kappa shape index (κ3) is 1.71. The smallest absolute Gasteiger partial charge is 0.116 e. The molecule has 1 aromatic rings. The molecule has 0 bridgehead atoms. The highest BCUT2D eigenvalue weighted by Crippen LogP contribution is 2.61. The molecule has 1 aromatic carbocycles. The van der Waals surface area contributed by atoms with E-state index in [4.69, 9.17) is 0 Å². The number of hydrogen-bond donors (Lipinski definition) is 1. The number of allylic oxidation sites excluding steroid dienone is 2. The van der Waals surface area contributed by atoms with E-state index >= 15 is 0 Å². The molecule has 1 nitrogen and oxygen atoms in total. The zero-order valence-corrected chi connectivity index (χ0v) is 12.6. The fourth-order valence-electron chi connectivity index (χ4n) is 5.19. The van der Waals surface area contributed by atoms with E-state index in [2.05, 4.69) is 37.5 Å². The maximum absolute atomic E-state index is 9.69. The molecule has 108 valence electrons. The summed E-state index contributed by atoms with van der Waals surface area (Å²) < 4.78 is 0. The van der Waals surface area contributed by atoms with E-state index in [1.165, 1.54) is 42.4 Å². The van der Waals surface area contributed by atoms with Gasteiger partial charge in [0.15, 0.2) is 0 Å². The van der Waals surface area contributed by atoms with Crippen molar-refractivity contribution in [3.05, 3.63) is 53.3 Å². The lowest BCUT2D eigenvalue weighted by atomic mass is 9.57. The summed E-state index contributed by atoms with van der Waals surface area (Å²) in [6.07, 6.45) is 9.53. The van der Waals surface area contributed by atoms with E-state index in [1.807, 2.05) is 12.1 Å². The molecule has 3 aliphatic carbocycles. The Morgan fingerprint density at radius 1 is 1.33 bits per heavy atom. The van der Waals surface area contributed by atoms with Crippen LogP contribution < -0.4 is 0 Å². The summed E-state index contributed by atoms with van der Waals surface area (Å²) in [6.45, 7) is 6.35. The zero-order valence-electron chi connectivity index (χ0n) is 12.6. The molecule has 3 aliphatic rings. The van der Waals surface area contributed by atoms with Crippen molar-refractivity contribution in [3.8, 4) is 5.75 Å². The van der Waals surface area contributed by atoms with Crippen molar-refractivity contribution < 1.29 is 5.11 Å². The highest BCUT2D eigenvalue weighted by Gasteiger charge is 2.51. The van der Waals surface area contributed by atoms with Crippen molar-refractivity contribution in [1.29, 1.82) is 0 Å². The molecule has 0 radical (unpaired) electrons. The number of phenols is 1. The van der Waals surface area contributed by atoms with E-state index in [1.54, 1.807) is 0 Å². The largest absolute Gasteiger partial charge is 0.508 e. The van der Waals surface area contributed by atoms with Gasteiger partial charge in [-0.2, -0.15) is 0 Å². The molecule has 0 aliphatic heterocycles. The van der Waals surface area contributed by atoms with Crippen LogP contribution in [-0.2, 0) is 0 Å². The van der Waals surface area contributed by atoms with Crippen LogP contribution in [0.25, 0.3) is 6.08 Å². The highest BCUT2D eigenvalue weighted by molar-refractivity contribution is 5.61. The number of phenolic OH excluding ortho intramolecular Hbond substituents is 1. The monoisotopic (exact) mass is 278 g/mol. The van der Waals surface area contributed by atoms with Crippen molar-refractivity contribution in [2.45, 2.75) is 38.5 Å². The van der Waals surface area contributed by atoms with Gasteiger partial charge in [-0.3, -0.25) is 0 Å². The van der Waals surface area contributed by atoms with E-state index in [0.717, 1.165) is 5.92 Å². The van der Waals surface area contributed by atoms with Gasteiger partial charge in [-0.05, 0) is 77.7 Å². The summed E-state index contributed by atoms with van der Waals surface area (Å²) in [4.78, 5) is 0. The van der Waals surface area contributed by atoms with Crippen molar-refractivity contribution in [1.82, 2.24) is 0 Å². The lowest BCUT2D eigenvalue weighted by Gasteiger charge is -2.47. The number of fused-ring (bicyclic) bond motifs is 5. The Morgan fingerprint density at radius 2 is 2.19 bits per heavy atom. The van der Waals surface area contributed by atoms with E-state index in [0.29, 0.717) is 23.0 Å². The first-order chi connectivity index (χ1) is 10.1. The van der Waals surface area contributed by atoms with Crippen LogP contribution in [0.1, 0.15) is 49.7 Å². The van der Waals surface area contributed by atoms with Gasteiger partial charge in [-0.25, -0.2) is 0 Å². The molecule has 0 spiro atoms. The second-order valence-corrected chi connectivity index (χ2v) is 7.11. The summed E-state index contributed by atoms with van der Waals surface area (Å²) in [5, 5.41) is 9.69. The number of rotatable bonds is 0. The fourth-order valence-corrected chi connectivity index (χ4v) is 5.19. The minimum atomic E-state index is 0.307. The predicted octanol–water partition coefficient (Wildman–Crippen LogP) is 5.04. The SMILES string of the molecule is C=C=C1CCC2C3C=Cc4cc(O)ccc4C3CC[C@]12C. The van der Waals surface area contributed by atoms with Crippen molar-refractivity contribution in [3.63, 3.8) is 0 Å². The Kier molecular flexibility index (Phi) is 2.71. The van der Waals surface area contributed by atoms with Gasteiger partial charge in [0.05, 0.1) is 0 Å². The van der Waals surface area contributed by atoms with E-state index in [-0.39, 0.29) is 0 Å². The maximum Gasteiger partial charge on any atom is 0.116 e. The third-order valence-corrected chi connectivity index (χ3v) is 6.30. The van der Waals surface area contributed by atoms with Gasteiger partial charge in [0.2, 0.25) is 0 Å². The molecule has 4 atom stereocenters. The molecule has 21 heavy (non-hydrogen) atoms. The van der Waals surface area contributed by atoms with Crippen molar-refractivity contribution >= 4 is 6.08 Å². The average molecular weight is 278 g/mol. The minimum absolute atomic E-state index is 0.307. The Morgan fingerprint density at radius 3 is 3.00 bits per heavy atom. The number of aromatic hydroxyl groups is 1. The molecule has 2 fully saturated rings. The fraction of sp³-hybridized carbons (Fsp3) is 0.450. The quantitative estimate of drug-likeness (QED) is 0.659. The second-order valence-electron chi connectivity index (χ2n) is 7.11. The van der Waals surface area contributed by atoms with Crippen LogP contribution in [0, 0.1) is 17.3 Å². The Bertz CT molecular complexity index is 677. The Balaban J connectivity index is 1.77. The molecule has 0 saturated heterocycles. The average Bonchev–Trinajstić information content (AvgIpc) is 2.83. The lowest BCUT2D eigenvalue weighted by Crippen LogP contribution is -2.38. The normalized spacial score (nSPS) is 36.6. The topological polar surface area (TPSA) is 20.2 Å². The molecular formula is C20H22O. The van der Waals surface area contributed by atoms with E-state index < -0.39 is 0 Å². The van der Waals surface area contributed by atoms with Gasteiger partial charge in [0.1, 0.15) is 5.75 Å². The number of benzene rings is 1. The second kappa shape index (κ2) is 4.39. The molecule has 0 amide bonds. The first kappa shape index (κ1) is 13.0. The van der Waals surface area contributed by atoms with Crippen LogP contribution in [0.2, 0.25) is 0 Å². The minimum Gasteiger partial charge on any atom is -0.508 e. The highest BCUT2D eigenvalue weighted by atomic mass is 16.3. The van der Waals surface area contributed by atoms with Gasteiger partial charge in [-0.1, -0.05) is 31.7 Å². The molecular weight excluding hydrogens is 256 g/mol. The lowest BCUT2D eigenvalue weighted by molar-refractivity contribution is 0.122. The van der Waals surface area contributed by atoms with Crippen molar-refractivity contribution in [2.24, 2.45) is 17.3 Å². The van der Waals surface area contributed by atoms with Crippen LogP contribution in [-0.4, -0.2) is 5.11 Å². The van der Waals surface area contributed by atoms with Crippen LogP contribution >= 0.6 is 0 Å². The molecule has 1 N–H and O–H groups in total. The molecule has 4 rings (SSSR count). The standard InChI is InChI=1S/C20H22O/c1-3-14-5-9-19-18-7-4-13-12-15(21)6-8-16(13)17(18)10-11-20(14,19)2/h4,6-8,12,17-19,21H,1,5,9-11H2,2H3/t17?,18?,19?,20-/m1/s1. The summed E-state index contributed by atoms with van der Waals surface area (Å²) >= 11 is 0. The summed E-state index contributed by atoms with van der Waals surface area (Å²) in [6, 6.07) is 5.87. The van der Waals surface area contributed by atoms with Gasteiger partial charge >= 0.3 is 0 Å². The van der Waals surface area contributed by atoms with Crippen LogP contribution in [0.4, 0.5) is 0 Å². The molecule has 1 heteroatoms. The van der Waals surface area contributed by atoms with Gasteiger partial charge < -0.3 is 5.11 Å². The van der Waals surface area contributed by atoms with Crippen molar-refractivity contribution in [2.75, 3.05) is 0 Å². The van der Waals surface area contributed by atoms with Gasteiger partial charge in [-0.15, -0.1) is 5.73 Å². The zero-order chi connectivity index (χ0) is 14.6. The maximum atomic E-state index is 9.69. The van der Waals surface area contributed by atoms with Crippen LogP contribution in [0.3, 0.4) is 0 Å². The first-order valence-corrected chi connectivity index (χ1v) is 8.04. The molecule has 0 aromatic heterocycles. The Labute approximate surface area is 126 Å². The number of hydrogen-bond acceptors (Lipinski definition) is 1. The summed E-state index contributed by atoms with van der Waals surface area (Å²) in [5.41, 5.74) is 7.63. The van der Waals surface area contributed by atoms with Crippen LogP contribution in [0.5, 0.6) is 5.75 Å². The van der Waals surface area contributed by atoms with E-state index in [9.17, 15) is 5.11 Å². The summed E-state index contributed by atoms with van der Waals surface area (Å²) in [5.74, 6) is 2.34. The predicted molar refractivity (Wildman–Crippen MR) is 86.1 cm³/mol. The van der Waals surface area contributed by atoms with Gasteiger partial charge in [0.25, 0.3) is 0 Å². The summed E-state index contributed by atoms with van der Waals surface area (Å²) in [7, 11) is 0. The first-order valence-electron chi connectivity index (χ1n) is 8.04. The van der Waals surface area contributed by atoms with Crippen LogP contribution in [0.15, 0.2) is 42.2 Å².